The van der Waals surface area contributed by atoms with Crippen molar-refractivity contribution in [2.75, 3.05) is 13.2 Å². The maximum atomic E-state index is 12.8. The van der Waals surface area contributed by atoms with E-state index in [1.54, 1.807) is 0 Å². The molecule has 1 heterocycles. The Morgan fingerprint density at radius 3 is 1.08 bits per heavy atom. The molecule has 0 aromatic rings. The van der Waals surface area contributed by atoms with Gasteiger partial charge in [0.05, 0.1) is 25.4 Å². The van der Waals surface area contributed by atoms with E-state index in [1.807, 2.05) is 0 Å². The lowest BCUT2D eigenvalue weighted by atomic mass is 9.99. The molecule has 9 nitrogen and oxygen atoms in total. The molecule has 394 valence electrons. The van der Waals surface area contributed by atoms with Crippen molar-refractivity contribution in [1.29, 1.82) is 0 Å². The first-order chi connectivity index (χ1) is 32.3. The zero-order valence-corrected chi connectivity index (χ0v) is 43.7. The normalized spacial score (nSPS) is 19.7. The van der Waals surface area contributed by atoms with Crippen molar-refractivity contribution in [2.45, 2.75) is 346 Å². The number of amides is 1. The van der Waals surface area contributed by atoms with Gasteiger partial charge in [0, 0.05) is 6.42 Å². The van der Waals surface area contributed by atoms with E-state index >= 15 is 0 Å². The Morgan fingerprint density at radius 2 is 0.758 bits per heavy atom. The molecule has 1 rings (SSSR count). The van der Waals surface area contributed by atoms with Crippen LogP contribution in [0, 0.1) is 0 Å². The van der Waals surface area contributed by atoms with Gasteiger partial charge >= 0.3 is 0 Å². The minimum atomic E-state index is -1.55. The molecule has 1 saturated heterocycles. The van der Waals surface area contributed by atoms with Crippen LogP contribution in [0.1, 0.15) is 303 Å². The molecule has 0 bridgehead atoms. The van der Waals surface area contributed by atoms with Crippen LogP contribution in [0.3, 0.4) is 0 Å². The average Bonchev–Trinajstić information content (AvgIpc) is 3.32. The molecule has 6 N–H and O–H groups in total. The van der Waals surface area contributed by atoms with Gasteiger partial charge in [-0.05, 0) is 12.8 Å². The van der Waals surface area contributed by atoms with E-state index < -0.39 is 49.5 Å². The molecule has 9 heteroatoms. The summed E-state index contributed by atoms with van der Waals surface area (Å²) in [7, 11) is 0. The van der Waals surface area contributed by atoms with Gasteiger partial charge in [-0.1, -0.05) is 284 Å². The fraction of sp³-hybridized carbons (Fsp3) is 0.982. The van der Waals surface area contributed by atoms with Crippen LogP contribution in [-0.2, 0) is 14.3 Å². The highest BCUT2D eigenvalue weighted by atomic mass is 16.7. The first-order valence-electron chi connectivity index (χ1n) is 29.2. The molecule has 66 heavy (non-hydrogen) atoms. The number of aliphatic hydroxyl groups is 5. The van der Waals surface area contributed by atoms with Gasteiger partial charge in [-0.3, -0.25) is 4.79 Å². The Kier molecular flexibility index (Phi) is 45.8. The Labute approximate surface area is 408 Å². The summed E-state index contributed by atoms with van der Waals surface area (Å²) >= 11 is 0. The van der Waals surface area contributed by atoms with Gasteiger partial charge in [0.25, 0.3) is 0 Å². The largest absolute Gasteiger partial charge is 0.394 e. The van der Waals surface area contributed by atoms with E-state index in [1.165, 1.54) is 238 Å². The number of ether oxygens (including phenoxy) is 2. The molecule has 0 aromatic carbocycles. The predicted octanol–water partition coefficient (Wildman–Crippen LogP) is 14.2. The van der Waals surface area contributed by atoms with Gasteiger partial charge in [-0.15, -0.1) is 0 Å². The zero-order valence-electron chi connectivity index (χ0n) is 43.7. The Balaban J connectivity index is 1.85. The van der Waals surface area contributed by atoms with Crippen LogP contribution in [-0.4, -0.2) is 87.5 Å². The number of nitrogens with one attached hydrogen (secondary N) is 1. The molecule has 0 aliphatic carbocycles. The summed E-state index contributed by atoms with van der Waals surface area (Å²) in [6, 6.07) is -0.709. The van der Waals surface area contributed by atoms with Gasteiger partial charge in [0.15, 0.2) is 6.29 Å². The number of hydrogen-bond acceptors (Lipinski definition) is 8. The third-order valence-electron chi connectivity index (χ3n) is 14.5. The molecule has 7 unspecified atom stereocenters. The van der Waals surface area contributed by atoms with Crippen molar-refractivity contribution >= 4 is 5.91 Å². The van der Waals surface area contributed by atoms with Crippen molar-refractivity contribution in [3.8, 4) is 0 Å². The summed E-state index contributed by atoms with van der Waals surface area (Å²) < 4.78 is 11.1. The number of carbonyl (C=O) groups is 1. The second-order valence-electron chi connectivity index (χ2n) is 20.8. The van der Waals surface area contributed by atoms with Crippen LogP contribution in [0.25, 0.3) is 0 Å². The fourth-order valence-corrected chi connectivity index (χ4v) is 9.81. The third kappa shape index (κ3) is 37.1. The van der Waals surface area contributed by atoms with E-state index in [0.717, 1.165) is 38.5 Å². The van der Waals surface area contributed by atoms with Crippen molar-refractivity contribution in [1.82, 2.24) is 5.32 Å². The Hall–Kier alpha value is -0.810. The average molecular weight is 941 g/mol. The number of hydrogen-bond donors (Lipinski definition) is 6. The highest BCUT2D eigenvalue weighted by Gasteiger charge is 2.44. The number of unbranched alkanes of at least 4 members (excludes halogenated alkanes) is 41. The minimum Gasteiger partial charge on any atom is -0.394 e. The highest BCUT2D eigenvalue weighted by molar-refractivity contribution is 5.76. The van der Waals surface area contributed by atoms with Crippen molar-refractivity contribution in [2.24, 2.45) is 0 Å². The first kappa shape index (κ1) is 63.2. The van der Waals surface area contributed by atoms with Gasteiger partial charge in [-0.25, -0.2) is 0 Å². The number of rotatable bonds is 51. The van der Waals surface area contributed by atoms with Crippen LogP contribution < -0.4 is 5.32 Å². The molecule has 0 aromatic heterocycles. The number of aliphatic hydroxyl groups excluding tert-OH is 5. The summed E-state index contributed by atoms with van der Waals surface area (Å²) in [4.78, 5) is 12.8. The molecule has 1 amide bonds. The van der Waals surface area contributed by atoms with Gasteiger partial charge in [0.2, 0.25) is 5.91 Å². The van der Waals surface area contributed by atoms with Crippen molar-refractivity contribution in [3.63, 3.8) is 0 Å². The number of carbonyl (C=O) groups excluding carboxylic acids is 1. The van der Waals surface area contributed by atoms with E-state index in [4.69, 9.17) is 9.47 Å². The minimum absolute atomic E-state index is 0.137. The summed E-state index contributed by atoms with van der Waals surface area (Å²) in [5, 5.41) is 53.7. The SMILES string of the molecule is CCCCCCCCCCCCCCCCCCCCCCCCCCCCCCCCCCCCCCCCCCC(=O)NC(COC1OC(CO)C(O)C(O)C1O)C(O)CCCCC. The maximum absolute atomic E-state index is 12.8. The monoisotopic (exact) mass is 940 g/mol. The first-order valence-corrected chi connectivity index (χ1v) is 29.2. The van der Waals surface area contributed by atoms with Crippen LogP contribution >= 0.6 is 0 Å². The van der Waals surface area contributed by atoms with Crippen molar-refractivity contribution < 1.29 is 39.8 Å². The van der Waals surface area contributed by atoms with Crippen LogP contribution in [0.4, 0.5) is 0 Å². The van der Waals surface area contributed by atoms with Gasteiger partial charge in [0.1, 0.15) is 24.4 Å². The standard InChI is InChI=1S/C57H113NO8/c1-3-5-7-8-9-10-11-12-13-14-15-16-17-18-19-20-21-22-23-24-25-26-27-28-29-30-31-32-33-34-35-36-37-38-39-40-41-42-43-45-47-53(61)58-50(51(60)46-44-6-4-2)49-65-57-56(64)55(63)54(62)52(48-59)66-57/h50-52,54-57,59-60,62-64H,3-49H2,1-2H3,(H,58,61). The molecule has 0 saturated carbocycles. The lowest BCUT2D eigenvalue weighted by molar-refractivity contribution is -0.302. The predicted molar refractivity (Wildman–Crippen MR) is 277 cm³/mol. The lowest BCUT2D eigenvalue weighted by Crippen LogP contribution is -2.60. The van der Waals surface area contributed by atoms with Crippen LogP contribution in [0.2, 0.25) is 0 Å². The molecule has 0 radical (unpaired) electrons. The zero-order chi connectivity index (χ0) is 48.0. The summed E-state index contributed by atoms with van der Waals surface area (Å²) in [5.74, 6) is -0.149. The topological polar surface area (TPSA) is 149 Å². The molecule has 7 atom stereocenters. The molecular weight excluding hydrogens is 827 g/mol. The molecule has 0 spiro atoms. The molecular formula is C57H113NO8. The summed E-state index contributed by atoms with van der Waals surface area (Å²) in [6.07, 6.45) is 51.5. The van der Waals surface area contributed by atoms with Crippen LogP contribution in [0.5, 0.6) is 0 Å². The Morgan fingerprint density at radius 1 is 0.455 bits per heavy atom. The van der Waals surface area contributed by atoms with Gasteiger partial charge < -0.3 is 40.3 Å². The maximum Gasteiger partial charge on any atom is 0.220 e. The Bertz CT molecular complexity index is 1000. The third-order valence-corrected chi connectivity index (χ3v) is 14.5. The van der Waals surface area contributed by atoms with E-state index in [2.05, 4.69) is 19.2 Å². The quantitative estimate of drug-likeness (QED) is 0.0330. The van der Waals surface area contributed by atoms with E-state index in [-0.39, 0.29) is 12.5 Å². The molecule has 1 fully saturated rings. The van der Waals surface area contributed by atoms with Crippen molar-refractivity contribution in [3.05, 3.63) is 0 Å². The van der Waals surface area contributed by atoms with E-state index in [0.29, 0.717) is 12.8 Å². The molecule has 1 aliphatic rings. The van der Waals surface area contributed by atoms with Crippen LogP contribution in [0.15, 0.2) is 0 Å². The van der Waals surface area contributed by atoms with Gasteiger partial charge in [-0.2, -0.15) is 0 Å². The smallest absolute Gasteiger partial charge is 0.220 e. The highest BCUT2D eigenvalue weighted by Crippen LogP contribution is 2.23. The van der Waals surface area contributed by atoms with E-state index in [9.17, 15) is 30.3 Å². The fourth-order valence-electron chi connectivity index (χ4n) is 9.81. The second-order valence-corrected chi connectivity index (χ2v) is 20.8. The summed E-state index contributed by atoms with van der Waals surface area (Å²) in [6.45, 7) is 3.70. The lowest BCUT2D eigenvalue weighted by Gasteiger charge is -2.40. The molecule has 1 aliphatic heterocycles. The second kappa shape index (κ2) is 47.8. The summed E-state index contributed by atoms with van der Waals surface area (Å²) in [5.41, 5.74) is 0.